The highest BCUT2D eigenvalue weighted by Crippen LogP contribution is 2.24. The van der Waals surface area contributed by atoms with Crippen LogP contribution < -0.4 is 5.56 Å². The van der Waals surface area contributed by atoms with E-state index in [-0.39, 0.29) is 11.3 Å². The van der Waals surface area contributed by atoms with Gasteiger partial charge in [-0.2, -0.15) is 0 Å². The van der Waals surface area contributed by atoms with Crippen LogP contribution in [0.5, 0.6) is 5.75 Å². The van der Waals surface area contributed by atoms with Crippen LogP contribution in [0.15, 0.2) is 29.1 Å². The fourth-order valence-corrected chi connectivity index (χ4v) is 1.51. The van der Waals surface area contributed by atoms with Gasteiger partial charge in [0, 0.05) is 11.5 Å². The summed E-state index contributed by atoms with van der Waals surface area (Å²) in [6.45, 7) is 3.78. The molecule has 0 atom stereocenters. The molecule has 0 aliphatic carbocycles. The Morgan fingerprint density at radius 2 is 2.07 bits per heavy atom. The van der Waals surface area contributed by atoms with Gasteiger partial charge in [0.2, 0.25) is 5.56 Å². The first-order chi connectivity index (χ1) is 6.72. The second-order valence-electron chi connectivity index (χ2n) is 3.11. The van der Waals surface area contributed by atoms with Gasteiger partial charge in [0.15, 0.2) is 0 Å². The SMILES string of the molecule is [CH2]Cc1ccc(O)c2[nH]c(=O)ccc12. The molecule has 0 saturated heterocycles. The van der Waals surface area contributed by atoms with Crippen LogP contribution in [-0.4, -0.2) is 10.1 Å². The lowest BCUT2D eigenvalue weighted by Gasteiger charge is -2.04. The minimum Gasteiger partial charge on any atom is -0.506 e. The number of fused-ring (bicyclic) bond motifs is 1. The third kappa shape index (κ3) is 1.27. The first-order valence-corrected chi connectivity index (χ1v) is 4.35. The van der Waals surface area contributed by atoms with Gasteiger partial charge in [-0.25, -0.2) is 0 Å². The number of aromatic amines is 1. The molecule has 3 nitrogen and oxygen atoms in total. The summed E-state index contributed by atoms with van der Waals surface area (Å²) in [5, 5.41) is 10.4. The maximum Gasteiger partial charge on any atom is 0.248 e. The first-order valence-electron chi connectivity index (χ1n) is 4.35. The zero-order valence-electron chi connectivity index (χ0n) is 7.58. The predicted molar refractivity (Wildman–Crippen MR) is 55.3 cm³/mol. The van der Waals surface area contributed by atoms with Gasteiger partial charge in [-0.15, -0.1) is 0 Å². The van der Waals surface area contributed by atoms with Crippen LogP contribution in [0, 0.1) is 6.92 Å². The molecule has 0 fully saturated rings. The lowest BCUT2D eigenvalue weighted by Crippen LogP contribution is -2.03. The summed E-state index contributed by atoms with van der Waals surface area (Å²) in [6, 6.07) is 6.52. The molecule has 1 aromatic carbocycles. The van der Waals surface area contributed by atoms with E-state index in [0.29, 0.717) is 11.9 Å². The predicted octanol–water partition coefficient (Wildman–Crippen LogP) is 1.61. The summed E-state index contributed by atoms with van der Waals surface area (Å²) < 4.78 is 0. The van der Waals surface area contributed by atoms with Crippen LogP contribution in [0.25, 0.3) is 10.9 Å². The van der Waals surface area contributed by atoms with Gasteiger partial charge in [0.1, 0.15) is 5.75 Å². The summed E-state index contributed by atoms with van der Waals surface area (Å²) in [7, 11) is 0. The average molecular weight is 188 g/mol. The number of hydrogen-bond donors (Lipinski definition) is 2. The van der Waals surface area contributed by atoms with E-state index in [2.05, 4.69) is 11.9 Å². The molecule has 0 aliphatic heterocycles. The highest BCUT2D eigenvalue weighted by Gasteiger charge is 2.04. The van der Waals surface area contributed by atoms with E-state index in [1.807, 2.05) is 6.07 Å². The lowest BCUT2D eigenvalue weighted by molar-refractivity contribution is 0.480. The molecule has 3 heteroatoms. The van der Waals surface area contributed by atoms with Crippen molar-refractivity contribution in [3.63, 3.8) is 0 Å². The number of phenols is 1. The Morgan fingerprint density at radius 3 is 2.79 bits per heavy atom. The molecule has 0 bridgehead atoms. The summed E-state index contributed by atoms with van der Waals surface area (Å²) in [5.41, 5.74) is 1.28. The smallest absolute Gasteiger partial charge is 0.248 e. The number of pyridine rings is 1. The van der Waals surface area contributed by atoms with Crippen molar-refractivity contribution >= 4 is 10.9 Å². The van der Waals surface area contributed by atoms with Crippen LogP contribution in [0.1, 0.15) is 5.56 Å². The Balaban J connectivity index is 2.91. The Hall–Kier alpha value is -1.77. The summed E-state index contributed by atoms with van der Waals surface area (Å²) in [4.78, 5) is 13.7. The van der Waals surface area contributed by atoms with Crippen molar-refractivity contribution < 1.29 is 5.11 Å². The second kappa shape index (κ2) is 3.18. The number of hydrogen-bond acceptors (Lipinski definition) is 2. The van der Waals surface area contributed by atoms with Gasteiger partial charge in [-0.3, -0.25) is 4.79 Å². The molecule has 0 aliphatic rings. The molecule has 71 valence electrons. The van der Waals surface area contributed by atoms with Crippen molar-refractivity contribution in [2.24, 2.45) is 0 Å². The van der Waals surface area contributed by atoms with Gasteiger partial charge in [-0.05, 0) is 31.0 Å². The van der Waals surface area contributed by atoms with Crippen LogP contribution in [0.4, 0.5) is 0 Å². The third-order valence-electron chi connectivity index (χ3n) is 2.23. The second-order valence-corrected chi connectivity index (χ2v) is 3.11. The average Bonchev–Trinajstić information content (AvgIpc) is 2.19. The number of H-pyrrole nitrogens is 1. The molecule has 0 saturated carbocycles. The third-order valence-corrected chi connectivity index (χ3v) is 2.23. The highest BCUT2D eigenvalue weighted by atomic mass is 16.3. The largest absolute Gasteiger partial charge is 0.506 e. The van der Waals surface area contributed by atoms with E-state index in [1.165, 1.54) is 6.07 Å². The topological polar surface area (TPSA) is 53.1 Å². The number of rotatable bonds is 1. The fraction of sp³-hybridized carbons (Fsp3) is 0.0909. The lowest BCUT2D eigenvalue weighted by atomic mass is 10.1. The van der Waals surface area contributed by atoms with Crippen molar-refractivity contribution in [2.45, 2.75) is 6.42 Å². The van der Waals surface area contributed by atoms with E-state index in [4.69, 9.17) is 0 Å². The molecular weight excluding hydrogens is 178 g/mol. The zero-order chi connectivity index (χ0) is 10.1. The van der Waals surface area contributed by atoms with Gasteiger partial charge >= 0.3 is 0 Å². The number of aromatic nitrogens is 1. The quantitative estimate of drug-likeness (QED) is 0.714. The van der Waals surface area contributed by atoms with Gasteiger partial charge in [0.05, 0.1) is 5.52 Å². The molecule has 2 rings (SSSR count). The van der Waals surface area contributed by atoms with Gasteiger partial charge in [0.25, 0.3) is 0 Å². The summed E-state index contributed by atoms with van der Waals surface area (Å²) >= 11 is 0. The molecule has 1 aromatic heterocycles. The van der Waals surface area contributed by atoms with E-state index < -0.39 is 0 Å². The molecule has 1 heterocycles. The van der Waals surface area contributed by atoms with E-state index in [1.54, 1.807) is 12.1 Å². The van der Waals surface area contributed by atoms with Crippen LogP contribution >= 0.6 is 0 Å². The summed E-state index contributed by atoms with van der Waals surface area (Å²) in [6.07, 6.45) is 0.628. The molecule has 2 aromatic rings. The molecule has 0 spiro atoms. The van der Waals surface area contributed by atoms with E-state index in [0.717, 1.165) is 10.9 Å². The molecule has 0 amide bonds. The molecule has 14 heavy (non-hydrogen) atoms. The van der Waals surface area contributed by atoms with Crippen LogP contribution in [0.3, 0.4) is 0 Å². The Bertz CT molecular complexity index is 528. The first kappa shape index (κ1) is 8.81. The van der Waals surface area contributed by atoms with Gasteiger partial charge < -0.3 is 10.1 Å². The fourth-order valence-electron chi connectivity index (χ4n) is 1.51. The Labute approximate surface area is 81.0 Å². The standard InChI is InChI=1S/C11H10NO2/c1-2-7-3-5-9(13)11-8(7)4-6-10(14)12-11/h3-6,13H,1-2H2,(H,12,14). The molecular formula is C11H10NO2. The van der Waals surface area contributed by atoms with E-state index in [9.17, 15) is 9.90 Å². The maximum atomic E-state index is 11.1. The van der Waals surface area contributed by atoms with E-state index >= 15 is 0 Å². The van der Waals surface area contributed by atoms with Crippen molar-refractivity contribution in [1.82, 2.24) is 4.98 Å². The maximum absolute atomic E-state index is 11.1. The van der Waals surface area contributed by atoms with Gasteiger partial charge in [-0.1, -0.05) is 6.07 Å². The Kier molecular flexibility index (Phi) is 2.00. The minimum absolute atomic E-state index is 0.0925. The van der Waals surface area contributed by atoms with Crippen molar-refractivity contribution in [2.75, 3.05) is 0 Å². The molecule has 1 radical (unpaired) electrons. The minimum atomic E-state index is -0.214. The number of aromatic hydroxyl groups is 1. The van der Waals surface area contributed by atoms with Crippen molar-refractivity contribution in [1.29, 1.82) is 0 Å². The van der Waals surface area contributed by atoms with Crippen molar-refractivity contribution in [3.05, 3.63) is 47.1 Å². The monoisotopic (exact) mass is 188 g/mol. The molecule has 2 N–H and O–H groups in total. The molecule has 0 unspecified atom stereocenters. The van der Waals surface area contributed by atoms with Crippen molar-refractivity contribution in [3.8, 4) is 5.75 Å². The van der Waals surface area contributed by atoms with Crippen LogP contribution in [0.2, 0.25) is 0 Å². The number of phenolic OH excluding ortho intramolecular Hbond substituents is 1. The van der Waals surface area contributed by atoms with Crippen LogP contribution in [-0.2, 0) is 6.42 Å². The number of nitrogens with one attached hydrogen (secondary N) is 1. The summed E-state index contributed by atoms with van der Waals surface area (Å²) in [5.74, 6) is 0.0925. The normalized spacial score (nSPS) is 10.6. The number of benzene rings is 1. The zero-order valence-corrected chi connectivity index (χ0v) is 7.58. The Morgan fingerprint density at radius 1 is 1.29 bits per heavy atom. The highest BCUT2D eigenvalue weighted by molar-refractivity contribution is 5.87.